The van der Waals surface area contributed by atoms with Crippen molar-refractivity contribution in [3.05, 3.63) is 69.7 Å². The average Bonchev–Trinajstić information content (AvgIpc) is 2.83. The van der Waals surface area contributed by atoms with E-state index in [2.05, 4.69) is 20.3 Å². The van der Waals surface area contributed by atoms with Crippen LogP contribution >= 0.6 is 11.6 Å². The van der Waals surface area contributed by atoms with E-state index in [4.69, 9.17) is 22.1 Å². The molecule has 0 saturated carbocycles. The summed E-state index contributed by atoms with van der Waals surface area (Å²) in [4.78, 5) is 27.1. The van der Waals surface area contributed by atoms with Gasteiger partial charge in [0, 0.05) is 52.1 Å². The molecular weight excluding hydrogens is 452 g/mol. The molecule has 0 bridgehead atoms. The molecule has 0 spiro atoms. The van der Waals surface area contributed by atoms with Gasteiger partial charge in [-0.25, -0.2) is 4.98 Å². The average molecular weight is 479 g/mol. The lowest BCUT2D eigenvalue weighted by atomic mass is 10.0. The zero-order chi connectivity index (χ0) is 24.1. The van der Waals surface area contributed by atoms with Gasteiger partial charge in [-0.1, -0.05) is 29.8 Å². The van der Waals surface area contributed by atoms with Crippen molar-refractivity contribution >= 4 is 28.6 Å². The van der Waals surface area contributed by atoms with E-state index in [0.29, 0.717) is 60.6 Å². The summed E-state index contributed by atoms with van der Waals surface area (Å²) in [7, 11) is 0. The van der Waals surface area contributed by atoms with Crippen molar-refractivity contribution in [3.8, 4) is 22.4 Å². The van der Waals surface area contributed by atoms with Crippen LogP contribution in [0.1, 0.15) is 12.6 Å². The first-order chi connectivity index (χ1) is 16.5. The fourth-order valence-electron chi connectivity index (χ4n) is 3.74. The smallest absolute Gasteiger partial charge is 0.260 e. The zero-order valence-corrected chi connectivity index (χ0v) is 20.0. The largest absolute Gasteiger partial charge is 0.378 e. The molecule has 0 aliphatic heterocycles. The number of benzene rings is 1. The molecule has 3 heterocycles. The van der Waals surface area contributed by atoms with Gasteiger partial charge in [0.05, 0.1) is 25.5 Å². The maximum atomic E-state index is 13.6. The molecule has 34 heavy (non-hydrogen) atoms. The number of nitrogens with zero attached hydrogens (tertiary/aromatic N) is 4. The van der Waals surface area contributed by atoms with Crippen molar-refractivity contribution < 1.29 is 4.74 Å². The number of nitrogens with two attached hydrogens (primary N) is 1. The van der Waals surface area contributed by atoms with Gasteiger partial charge in [0.2, 0.25) is 5.95 Å². The first-order valence-corrected chi connectivity index (χ1v) is 11.6. The molecule has 4 aromatic rings. The van der Waals surface area contributed by atoms with Crippen LogP contribution in [0.15, 0.2) is 53.5 Å². The van der Waals surface area contributed by atoms with Crippen LogP contribution in [-0.2, 0) is 11.3 Å². The second-order valence-electron chi connectivity index (χ2n) is 7.78. The van der Waals surface area contributed by atoms with Gasteiger partial charge in [0.15, 0.2) is 0 Å². The highest BCUT2D eigenvalue weighted by atomic mass is 35.5. The van der Waals surface area contributed by atoms with E-state index in [-0.39, 0.29) is 5.56 Å². The summed E-state index contributed by atoms with van der Waals surface area (Å²) >= 11 is 6.69. The van der Waals surface area contributed by atoms with Gasteiger partial charge in [-0.3, -0.25) is 14.3 Å². The molecule has 0 aliphatic rings. The van der Waals surface area contributed by atoms with E-state index in [1.807, 2.05) is 50.2 Å². The van der Waals surface area contributed by atoms with Crippen molar-refractivity contribution in [2.75, 3.05) is 31.6 Å². The van der Waals surface area contributed by atoms with Crippen LogP contribution in [0.4, 0.5) is 5.95 Å². The number of nitrogens with one attached hydrogen (secondary N) is 1. The van der Waals surface area contributed by atoms with Crippen molar-refractivity contribution in [1.82, 2.24) is 19.5 Å². The Morgan fingerprint density at radius 2 is 1.97 bits per heavy atom. The predicted octanol–water partition coefficient (Wildman–Crippen LogP) is 3.89. The van der Waals surface area contributed by atoms with Gasteiger partial charge in [-0.2, -0.15) is 4.98 Å². The topological polar surface area (TPSA) is 108 Å². The normalized spacial score (nSPS) is 11.2. The number of fused-ring (bicyclic) bond motifs is 1. The first-order valence-electron chi connectivity index (χ1n) is 11.2. The fraction of sp³-hybridized carbons (Fsp3) is 0.280. The summed E-state index contributed by atoms with van der Waals surface area (Å²) in [6, 6.07) is 13.2. The van der Waals surface area contributed by atoms with E-state index in [1.54, 1.807) is 16.8 Å². The van der Waals surface area contributed by atoms with Gasteiger partial charge in [-0.15, -0.1) is 0 Å². The second-order valence-corrected chi connectivity index (χ2v) is 8.18. The minimum absolute atomic E-state index is 0.201. The lowest BCUT2D eigenvalue weighted by Gasteiger charge is -2.14. The SMILES string of the molecule is CCNc1ncc2cc(-c3ccc(-c4cccc(C)n4)cc3Cl)c(=O)n(CCOCCN)c2n1. The van der Waals surface area contributed by atoms with Crippen molar-refractivity contribution in [1.29, 1.82) is 0 Å². The highest BCUT2D eigenvalue weighted by Gasteiger charge is 2.16. The van der Waals surface area contributed by atoms with Crippen LogP contribution < -0.4 is 16.6 Å². The van der Waals surface area contributed by atoms with E-state index in [0.717, 1.165) is 22.3 Å². The molecule has 4 rings (SSSR count). The lowest BCUT2D eigenvalue weighted by molar-refractivity contribution is 0.133. The Hall–Kier alpha value is -3.33. The molecule has 3 aromatic heterocycles. The Morgan fingerprint density at radius 1 is 1.12 bits per heavy atom. The Morgan fingerprint density at radius 3 is 2.71 bits per heavy atom. The summed E-state index contributed by atoms with van der Waals surface area (Å²) < 4.78 is 7.14. The van der Waals surface area contributed by atoms with Crippen molar-refractivity contribution in [2.45, 2.75) is 20.4 Å². The third-order valence-electron chi connectivity index (χ3n) is 5.33. The van der Waals surface area contributed by atoms with Crippen molar-refractivity contribution in [2.24, 2.45) is 5.73 Å². The minimum Gasteiger partial charge on any atom is -0.378 e. The van der Waals surface area contributed by atoms with Crippen LogP contribution in [0.2, 0.25) is 5.02 Å². The Labute approximate surface area is 202 Å². The maximum absolute atomic E-state index is 13.6. The predicted molar refractivity (Wildman–Crippen MR) is 136 cm³/mol. The van der Waals surface area contributed by atoms with E-state index < -0.39 is 0 Å². The van der Waals surface area contributed by atoms with Gasteiger partial charge < -0.3 is 15.8 Å². The number of aryl methyl sites for hydroxylation is 1. The number of rotatable bonds is 9. The molecule has 3 N–H and O–H groups in total. The van der Waals surface area contributed by atoms with Gasteiger partial charge in [-0.05, 0) is 38.1 Å². The molecule has 9 heteroatoms. The maximum Gasteiger partial charge on any atom is 0.260 e. The van der Waals surface area contributed by atoms with E-state index in [9.17, 15) is 4.79 Å². The molecule has 0 fully saturated rings. The monoisotopic (exact) mass is 478 g/mol. The molecule has 0 unspecified atom stereocenters. The highest BCUT2D eigenvalue weighted by molar-refractivity contribution is 6.33. The van der Waals surface area contributed by atoms with Crippen LogP contribution in [0.5, 0.6) is 0 Å². The van der Waals surface area contributed by atoms with Crippen LogP contribution in [0, 0.1) is 6.92 Å². The number of hydrogen-bond acceptors (Lipinski definition) is 7. The molecule has 0 amide bonds. The summed E-state index contributed by atoms with van der Waals surface area (Å²) in [6.07, 6.45) is 1.71. The molecular formula is C25H27ClN6O2. The lowest BCUT2D eigenvalue weighted by Crippen LogP contribution is -2.26. The first kappa shape index (κ1) is 23.8. The Kier molecular flexibility index (Phi) is 7.52. The molecule has 0 saturated heterocycles. The van der Waals surface area contributed by atoms with E-state index in [1.165, 1.54) is 0 Å². The van der Waals surface area contributed by atoms with Gasteiger partial charge >= 0.3 is 0 Å². The number of aromatic nitrogens is 4. The zero-order valence-electron chi connectivity index (χ0n) is 19.2. The van der Waals surface area contributed by atoms with Crippen LogP contribution in [0.3, 0.4) is 0 Å². The highest BCUT2D eigenvalue weighted by Crippen LogP contribution is 2.31. The summed E-state index contributed by atoms with van der Waals surface area (Å²) in [5.74, 6) is 0.465. The van der Waals surface area contributed by atoms with Gasteiger partial charge in [0.1, 0.15) is 5.65 Å². The van der Waals surface area contributed by atoms with Crippen LogP contribution in [0.25, 0.3) is 33.4 Å². The Bertz CT molecular complexity index is 1370. The molecule has 0 aliphatic carbocycles. The number of hydrogen-bond donors (Lipinski definition) is 2. The van der Waals surface area contributed by atoms with Crippen molar-refractivity contribution in [3.63, 3.8) is 0 Å². The molecule has 0 radical (unpaired) electrons. The second kappa shape index (κ2) is 10.7. The number of anilines is 1. The standard InChI is InChI=1S/C25H27ClN6O2/c1-3-28-25-29-15-18-13-20(24(33)32(23(18)31-25)10-12-34-11-9-27)19-8-7-17(14-21(19)26)22-6-4-5-16(2)30-22/h4-8,13-15H,3,9-12,27H2,1-2H3,(H,28,29,31). The quantitative estimate of drug-likeness (QED) is 0.351. The summed E-state index contributed by atoms with van der Waals surface area (Å²) in [5.41, 5.74) is 9.59. The fourth-order valence-corrected chi connectivity index (χ4v) is 4.02. The summed E-state index contributed by atoms with van der Waals surface area (Å²) in [5, 5.41) is 4.29. The molecule has 8 nitrogen and oxygen atoms in total. The summed E-state index contributed by atoms with van der Waals surface area (Å²) in [6.45, 7) is 6.08. The number of ether oxygens (including phenoxy) is 1. The molecule has 0 atom stereocenters. The minimum atomic E-state index is -0.201. The third kappa shape index (κ3) is 5.09. The Balaban J connectivity index is 1.81. The van der Waals surface area contributed by atoms with Gasteiger partial charge in [0.25, 0.3) is 5.56 Å². The van der Waals surface area contributed by atoms with E-state index >= 15 is 0 Å². The molecule has 1 aromatic carbocycles. The number of pyridine rings is 2. The number of halogens is 1. The molecule has 176 valence electrons. The van der Waals surface area contributed by atoms with Crippen LogP contribution in [-0.4, -0.2) is 45.8 Å². The third-order valence-corrected chi connectivity index (χ3v) is 5.64.